The first kappa shape index (κ1) is 11.9. The van der Waals surface area contributed by atoms with Crippen LogP contribution in [0.4, 0.5) is 0 Å². The third-order valence-electron chi connectivity index (χ3n) is 3.58. The van der Waals surface area contributed by atoms with E-state index >= 15 is 0 Å². The van der Waals surface area contributed by atoms with Gasteiger partial charge in [0, 0.05) is 10.9 Å². The van der Waals surface area contributed by atoms with Gasteiger partial charge >= 0.3 is 0 Å². The Balaban J connectivity index is 2.30. The van der Waals surface area contributed by atoms with Gasteiger partial charge in [-0.05, 0) is 29.3 Å². The highest BCUT2D eigenvalue weighted by molar-refractivity contribution is 6.39. The summed E-state index contributed by atoms with van der Waals surface area (Å²) in [6.45, 7) is 0. The molecule has 4 heteroatoms. The van der Waals surface area contributed by atoms with Gasteiger partial charge in [0.1, 0.15) is 5.15 Å². The van der Waals surface area contributed by atoms with Crippen LogP contribution in [0, 0.1) is 0 Å². The van der Waals surface area contributed by atoms with Gasteiger partial charge < -0.3 is 0 Å². The molecule has 1 aliphatic rings. The minimum Gasteiger partial charge on any atom is -0.289 e. The topological polar surface area (TPSA) is 30.0 Å². The highest BCUT2D eigenvalue weighted by Gasteiger charge is 2.27. The van der Waals surface area contributed by atoms with Crippen molar-refractivity contribution >= 4 is 39.9 Å². The molecule has 20 heavy (non-hydrogen) atoms. The number of carbonyl (C=O) groups is 1. The first-order valence-electron chi connectivity index (χ1n) is 6.09. The zero-order chi connectivity index (χ0) is 13.9. The zero-order valence-electron chi connectivity index (χ0n) is 10.2. The van der Waals surface area contributed by atoms with Gasteiger partial charge in [-0.3, -0.25) is 4.79 Å². The monoisotopic (exact) mass is 299 g/mol. The Bertz CT molecular complexity index is 902. The van der Waals surface area contributed by atoms with Crippen LogP contribution in [0.2, 0.25) is 10.2 Å². The number of benzene rings is 2. The van der Waals surface area contributed by atoms with Gasteiger partial charge in [0.15, 0.2) is 5.78 Å². The van der Waals surface area contributed by atoms with Crippen molar-refractivity contribution in [1.29, 1.82) is 0 Å². The third-order valence-corrected chi connectivity index (χ3v) is 4.09. The first-order valence-corrected chi connectivity index (χ1v) is 6.85. The van der Waals surface area contributed by atoms with Gasteiger partial charge in [0.2, 0.25) is 0 Å². The van der Waals surface area contributed by atoms with Crippen LogP contribution in [0.25, 0.3) is 22.0 Å². The summed E-state index contributed by atoms with van der Waals surface area (Å²) in [6, 6.07) is 12.7. The number of hydrogen-bond donors (Lipinski definition) is 0. The second-order valence-electron chi connectivity index (χ2n) is 4.68. The molecule has 96 valence electrons. The SMILES string of the molecule is O=C1c2ccccc2-c2cc(Cl)nc3ccc(Cl)c1c23. The van der Waals surface area contributed by atoms with Gasteiger partial charge in [-0.2, -0.15) is 0 Å². The van der Waals surface area contributed by atoms with E-state index in [1.54, 1.807) is 18.2 Å². The fourth-order valence-corrected chi connectivity index (χ4v) is 3.20. The molecule has 1 aliphatic carbocycles. The van der Waals surface area contributed by atoms with Gasteiger partial charge in [-0.25, -0.2) is 4.98 Å². The largest absolute Gasteiger partial charge is 0.289 e. The highest BCUT2D eigenvalue weighted by atomic mass is 35.5. The molecule has 0 unspecified atom stereocenters. The van der Waals surface area contributed by atoms with E-state index in [0.29, 0.717) is 26.8 Å². The molecule has 0 bridgehead atoms. The van der Waals surface area contributed by atoms with E-state index in [0.717, 1.165) is 16.5 Å². The van der Waals surface area contributed by atoms with Gasteiger partial charge in [0.05, 0.1) is 16.1 Å². The molecule has 1 heterocycles. The number of aromatic nitrogens is 1. The van der Waals surface area contributed by atoms with E-state index in [2.05, 4.69) is 4.98 Å². The number of hydrogen-bond acceptors (Lipinski definition) is 2. The Hall–Kier alpha value is -1.90. The Kier molecular flexibility index (Phi) is 2.40. The molecule has 2 aromatic carbocycles. The van der Waals surface area contributed by atoms with E-state index in [9.17, 15) is 4.79 Å². The zero-order valence-corrected chi connectivity index (χ0v) is 11.7. The van der Waals surface area contributed by atoms with E-state index in [1.807, 2.05) is 24.3 Å². The molecule has 0 amide bonds. The van der Waals surface area contributed by atoms with Crippen LogP contribution in [0.3, 0.4) is 0 Å². The highest BCUT2D eigenvalue weighted by Crippen LogP contribution is 2.42. The lowest BCUT2D eigenvalue weighted by Gasteiger charge is -2.20. The van der Waals surface area contributed by atoms with Crippen molar-refractivity contribution in [2.75, 3.05) is 0 Å². The van der Waals surface area contributed by atoms with Crippen molar-refractivity contribution < 1.29 is 4.79 Å². The van der Waals surface area contributed by atoms with Crippen LogP contribution in [-0.2, 0) is 0 Å². The van der Waals surface area contributed by atoms with Crippen molar-refractivity contribution in [3.8, 4) is 11.1 Å². The molecule has 0 aliphatic heterocycles. The van der Waals surface area contributed by atoms with Crippen molar-refractivity contribution in [3.63, 3.8) is 0 Å². The molecule has 0 radical (unpaired) electrons. The summed E-state index contributed by atoms with van der Waals surface area (Å²) < 4.78 is 0. The number of nitrogens with zero attached hydrogens (tertiary/aromatic N) is 1. The van der Waals surface area contributed by atoms with Crippen LogP contribution in [0.5, 0.6) is 0 Å². The molecule has 0 saturated carbocycles. The standard InChI is InChI=1S/C16H7Cl2NO/c17-11-5-6-12-14-10(7-13(18)19-12)8-3-1-2-4-9(8)16(20)15(11)14/h1-7H. The van der Waals surface area contributed by atoms with Crippen LogP contribution < -0.4 is 0 Å². The smallest absolute Gasteiger partial charge is 0.195 e. The molecule has 2 nitrogen and oxygen atoms in total. The quantitative estimate of drug-likeness (QED) is 0.438. The molecule has 0 atom stereocenters. The number of fused-ring (bicyclic) bond motifs is 2. The summed E-state index contributed by atoms with van der Waals surface area (Å²) in [4.78, 5) is 16.9. The van der Waals surface area contributed by atoms with Crippen molar-refractivity contribution in [2.45, 2.75) is 0 Å². The lowest BCUT2D eigenvalue weighted by atomic mass is 9.84. The predicted octanol–water partition coefficient (Wildman–Crippen LogP) is 4.75. The molecule has 0 fully saturated rings. The molecule has 0 spiro atoms. The van der Waals surface area contributed by atoms with Crippen LogP contribution >= 0.6 is 23.2 Å². The van der Waals surface area contributed by atoms with Crippen LogP contribution in [0.15, 0.2) is 42.5 Å². The third kappa shape index (κ3) is 1.46. The van der Waals surface area contributed by atoms with Crippen molar-refractivity contribution in [1.82, 2.24) is 4.98 Å². The average Bonchev–Trinajstić information content (AvgIpc) is 2.45. The second-order valence-corrected chi connectivity index (χ2v) is 5.48. The average molecular weight is 300 g/mol. The van der Waals surface area contributed by atoms with E-state index < -0.39 is 0 Å². The lowest BCUT2D eigenvalue weighted by Crippen LogP contribution is -2.11. The van der Waals surface area contributed by atoms with E-state index in [4.69, 9.17) is 23.2 Å². The lowest BCUT2D eigenvalue weighted by molar-refractivity contribution is 0.104. The molecule has 0 N–H and O–H groups in total. The summed E-state index contributed by atoms with van der Waals surface area (Å²) in [6.07, 6.45) is 0. The van der Waals surface area contributed by atoms with Crippen molar-refractivity contribution in [2.24, 2.45) is 0 Å². The molecule has 4 rings (SSSR count). The molecule has 1 aromatic heterocycles. The summed E-state index contributed by atoms with van der Waals surface area (Å²) in [5.74, 6) is -0.0622. The van der Waals surface area contributed by atoms with Crippen LogP contribution in [-0.4, -0.2) is 10.8 Å². The Morgan fingerprint density at radius 3 is 2.45 bits per heavy atom. The second kappa shape index (κ2) is 4.05. The fraction of sp³-hybridized carbons (Fsp3) is 0. The minimum absolute atomic E-state index is 0.0622. The minimum atomic E-state index is -0.0622. The summed E-state index contributed by atoms with van der Waals surface area (Å²) in [7, 11) is 0. The molecular weight excluding hydrogens is 293 g/mol. The molecule has 0 saturated heterocycles. The number of ketones is 1. The maximum Gasteiger partial charge on any atom is 0.195 e. The number of pyridine rings is 1. The maximum atomic E-state index is 12.7. The summed E-state index contributed by atoms with van der Waals surface area (Å²) in [5, 5.41) is 1.64. The Morgan fingerprint density at radius 1 is 0.900 bits per heavy atom. The van der Waals surface area contributed by atoms with Crippen LogP contribution in [0.1, 0.15) is 15.9 Å². The van der Waals surface area contributed by atoms with Crippen molar-refractivity contribution in [3.05, 3.63) is 63.8 Å². The Morgan fingerprint density at radius 2 is 1.65 bits per heavy atom. The number of halogens is 2. The first-order chi connectivity index (χ1) is 9.66. The summed E-state index contributed by atoms with van der Waals surface area (Å²) in [5.41, 5.74) is 3.64. The fourth-order valence-electron chi connectivity index (χ4n) is 2.76. The van der Waals surface area contributed by atoms with Gasteiger partial charge in [0.25, 0.3) is 0 Å². The van der Waals surface area contributed by atoms with E-state index in [-0.39, 0.29) is 5.78 Å². The Labute approximate surface area is 125 Å². The molecule has 3 aromatic rings. The normalized spacial score (nSPS) is 12.6. The van der Waals surface area contributed by atoms with Gasteiger partial charge in [-0.1, -0.05) is 47.5 Å². The number of rotatable bonds is 0. The summed E-state index contributed by atoms with van der Waals surface area (Å²) >= 11 is 12.3. The molecular formula is C16H7Cl2NO. The maximum absolute atomic E-state index is 12.7. The predicted molar refractivity (Wildman–Crippen MR) is 80.6 cm³/mol. The van der Waals surface area contributed by atoms with E-state index in [1.165, 1.54) is 0 Å². The van der Waals surface area contributed by atoms with Gasteiger partial charge in [-0.15, -0.1) is 0 Å². The number of carbonyl (C=O) groups excluding carboxylic acids is 1.